The van der Waals surface area contributed by atoms with E-state index in [-0.39, 0.29) is 5.91 Å². The summed E-state index contributed by atoms with van der Waals surface area (Å²) in [6, 6.07) is 20.7. The number of carbonyl (C=O) groups is 1. The number of nitrogens with one attached hydrogen (secondary N) is 1. The van der Waals surface area contributed by atoms with Crippen molar-refractivity contribution in [2.45, 2.75) is 38.6 Å². The molecule has 0 radical (unpaired) electrons. The maximum absolute atomic E-state index is 13.1. The largest absolute Gasteiger partial charge is 0.497 e. The molecule has 0 saturated carbocycles. The molecule has 1 amide bonds. The molecule has 2 aromatic carbocycles. The molecule has 1 aliphatic rings. The summed E-state index contributed by atoms with van der Waals surface area (Å²) in [5.41, 5.74) is 5.76. The van der Waals surface area contributed by atoms with Gasteiger partial charge in [-0.25, -0.2) is 4.98 Å². The van der Waals surface area contributed by atoms with Crippen molar-refractivity contribution in [1.82, 2.24) is 14.7 Å². The monoisotopic (exact) mass is 498 g/mol. The molecule has 0 spiro atoms. The maximum atomic E-state index is 13.1. The van der Waals surface area contributed by atoms with Crippen LogP contribution in [0.25, 0.3) is 5.65 Å². The molecule has 4 aromatic rings. The Kier molecular flexibility index (Phi) is 7.30. The van der Waals surface area contributed by atoms with E-state index < -0.39 is 0 Å². The molecule has 1 saturated heterocycles. The predicted octanol–water partition coefficient (Wildman–Crippen LogP) is 5.23. The summed E-state index contributed by atoms with van der Waals surface area (Å²) < 4.78 is 12.4. The topological polar surface area (TPSA) is 68.1 Å². The quantitative estimate of drug-likeness (QED) is 0.360. The molecule has 3 heterocycles. The molecule has 37 heavy (non-hydrogen) atoms. The van der Waals surface area contributed by atoms with Gasteiger partial charge in [0.15, 0.2) is 0 Å². The Balaban J connectivity index is 1.19. The van der Waals surface area contributed by atoms with Gasteiger partial charge < -0.3 is 19.7 Å². The molecule has 1 fully saturated rings. The molecular weight excluding hydrogens is 464 g/mol. The average Bonchev–Trinajstić information content (AvgIpc) is 3.34. The Labute approximate surface area is 218 Å². The zero-order chi connectivity index (χ0) is 25.8. The van der Waals surface area contributed by atoms with Gasteiger partial charge in [-0.05, 0) is 72.7 Å². The predicted molar refractivity (Wildman–Crippen MR) is 146 cm³/mol. The highest BCUT2D eigenvalue weighted by Crippen LogP contribution is 2.31. The van der Waals surface area contributed by atoms with Crippen LogP contribution < -0.4 is 19.7 Å². The number of nitrogens with zero attached hydrogens (tertiary/aromatic N) is 3. The van der Waals surface area contributed by atoms with Crippen LogP contribution >= 0.6 is 0 Å². The van der Waals surface area contributed by atoms with E-state index >= 15 is 0 Å². The van der Waals surface area contributed by atoms with Crippen LogP contribution in [0.5, 0.6) is 11.5 Å². The van der Waals surface area contributed by atoms with Crippen LogP contribution in [-0.4, -0.2) is 42.6 Å². The molecule has 1 N–H and O–H groups in total. The first-order valence-electron chi connectivity index (χ1n) is 12.9. The number of imidazole rings is 1. The fourth-order valence-electron chi connectivity index (χ4n) is 5.12. The summed E-state index contributed by atoms with van der Waals surface area (Å²) in [6.07, 6.45) is 4.75. The molecule has 7 heteroatoms. The van der Waals surface area contributed by atoms with Crippen LogP contribution in [0.3, 0.4) is 0 Å². The van der Waals surface area contributed by atoms with Crippen LogP contribution in [0.15, 0.2) is 66.9 Å². The van der Waals surface area contributed by atoms with Crippen LogP contribution in [0.2, 0.25) is 0 Å². The third kappa shape index (κ3) is 5.26. The summed E-state index contributed by atoms with van der Waals surface area (Å²) in [6.45, 7) is 4.53. The molecular formula is C30H34N4O3. The minimum absolute atomic E-state index is 0.137. The van der Waals surface area contributed by atoms with Crippen molar-refractivity contribution >= 4 is 17.2 Å². The van der Waals surface area contributed by atoms with Gasteiger partial charge in [-0.2, -0.15) is 0 Å². The van der Waals surface area contributed by atoms with Crippen molar-refractivity contribution < 1.29 is 14.3 Å². The van der Waals surface area contributed by atoms with Crippen molar-refractivity contribution in [1.29, 1.82) is 0 Å². The van der Waals surface area contributed by atoms with E-state index in [0.29, 0.717) is 30.3 Å². The number of carbonyl (C=O) groups excluding carboxylic acids is 1. The summed E-state index contributed by atoms with van der Waals surface area (Å²) in [4.78, 5) is 20.2. The summed E-state index contributed by atoms with van der Waals surface area (Å²) in [7, 11) is 3.32. The zero-order valence-electron chi connectivity index (χ0n) is 21.7. The lowest BCUT2D eigenvalue weighted by atomic mass is 9.89. The van der Waals surface area contributed by atoms with Crippen LogP contribution in [-0.2, 0) is 13.0 Å². The number of hydrogen-bond acceptors (Lipinski definition) is 5. The molecule has 2 aromatic heterocycles. The van der Waals surface area contributed by atoms with Gasteiger partial charge in [0.2, 0.25) is 0 Å². The van der Waals surface area contributed by atoms with E-state index in [1.807, 2.05) is 29.7 Å². The Bertz CT molecular complexity index is 1350. The zero-order valence-corrected chi connectivity index (χ0v) is 21.7. The number of methoxy groups -OCH3 is 2. The van der Waals surface area contributed by atoms with E-state index in [9.17, 15) is 4.79 Å². The standard InChI is InChI=1S/C30H34N4O3/c1-4-27-29(34-20-26(37-3)13-14-28(34)32-27)30(35)31-19-21-5-9-24(10-6-21)33-17-15-23(16-18-33)22-7-11-25(36-2)12-8-22/h5-14,20,23H,4,15-19H2,1-3H3,(H,31,35). The molecule has 0 unspecified atom stereocenters. The Morgan fingerprint density at radius 1 is 0.946 bits per heavy atom. The molecule has 0 bridgehead atoms. The normalized spacial score (nSPS) is 14.1. The van der Waals surface area contributed by atoms with E-state index in [1.165, 1.54) is 11.3 Å². The van der Waals surface area contributed by atoms with Gasteiger partial charge in [-0.15, -0.1) is 0 Å². The number of rotatable bonds is 8. The number of aromatic nitrogens is 2. The number of anilines is 1. The van der Waals surface area contributed by atoms with Crippen LogP contribution in [0.1, 0.15) is 53.0 Å². The van der Waals surface area contributed by atoms with Crippen molar-refractivity contribution in [2.24, 2.45) is 0 Å². The van der Waals surface area contributed by atoms with Gasteiger partial charge in [-0.1, -0.05) is 31.2 Å². The van der Waals surface area contributed by atoms with E-state index in [2.05, 4.69) is 63.7 Å². The van der Waals surface area contributed by atoms with Crippen molar-refractivity contribution in [3.63, 3.8) is 0 Å². The number of hydrogen-bond donors (Lipinski definition) is 1. The molecule has 7 nitrogen and oxygen atoms in total. The van der Waals surface area contributed by atoms with Crippen LogP contribution in [0, 0.1) is 0 Å². The van der Waals surface area contributed by atoms with Gasteiger partial charge >= 0.3 is 0 Å². The minimum atomic E-state index is -0.137. The van der Waals surface area contributed by atoms with Crippen LogP contribution in [0.4, 0.5) is 5.69 Å². The Hall–Kier alpha value is -4.00. The first kappa shape index (κ1) is 24.7. The van der Waals surface area contributed by atoms with E-state index in [0.717, 1.165) is 48.6 Å². The van der Waals surface area contributed by atoms with Crippen molar-refractivity contribution in [3.05, 3.63) is 89.4 Å². The number of amides is 1. The summed E-state index contributed by atoms with van der Waals surface area (Å²) in [5, 5.41) is 3.07. The van der Waals surface area contributed by atoms with E-state index in [4.69, 9.17) is 9.47 Å². The lowest BCUT2D eigenvalue weighted by molar-refractivity contribution is 0.0944. The fraction of sp³-hybridized carbons (Fsp3) is 0.333. The number of benzene rings is 2. The smallest absolute Gasteiger partial charge is 0.270 e. The number of aryl methyl sites for hydroxylation is 1. The lowest BCUT2D eigenvalue weighted by Gasteiger charge is -2.34. The number of fused-ring (bicyclic) bond motifs is 1. The average molecular weight is 499 g/mol. The minimum Gasteiger partial charge on any atom is -0.497 e. The molecule has 5 rings (SSSR count). The SMILES string of the molecule is CCc1nc2ccc(OC)cn2c1C(=O)NCc1ccc(N2CCC(c3ccc(OC)cc3)CC2)cc1. The van der Waals surface area contributed by atoms with Gasteiger partial charge in [-0.3, -0.25) is 9.20 Å². The molecule has 0 atom stereocenters. The summed E-state index contributed by atoms with van der Waals surface area (Å²) >= 11 is 0. The van der Waals surface area contributed by atoms with E-state index in [1.54, 1.807) is 14.2 Å². The number of ether oxygens (including phenoxy) is 2. The molecule has 1 aliphatic heterocycles. The first-order chi connectivity index (χ1) is 18.1. The first-order valence-corrected chi connectivity index (χ1v) is 12.9. The number of pyridine rings is 1. The van der Waals surface area contributed by atoms with Crippen molar-refractivity contribution in [3.8, 4) is 11.5 Å². The number of piperidine rings is 1. The third-order valence-electron chi connectivity index (χ3n) is 7.29. The fourth-order valence-corrected chi connectivity index (χ4v) is 5.12. The molecule has 192 valence electrons. The van der Waals surface area contributed by atoms with Crippen molar-refractivity contribution in [2.75, 3.05) is 32.2 Å². The lowest BCUT2D eigenvalue weighted by Crippen LogP contribution is -2.32. The third-order valence-corrected chi connectivity index (χ3v) is 7.29. The highest BCUT2D eigenvalue weighted by atomic mass is 16.5. The second-order valence-corrected chi connectivity index (χ2v) is 9.44. The Morgan fingerprint density at radius 3 is 2.27 bits per heavy atom. The molecule has 0 aliphatic carbocycles. The van der Waals surface area contributed by atoms with Gasteiger partial charge in [0.05, 0.1) is 26.1 Å². The second-order valence-electron chi connectivity index (χ2n) is 9.44. The second kappa shape index (κ2) is 10.9. The van der Waals surface area contributed by atoms with Gasteiger partial charge in [0.25, 0.3) is 5.91 Å². The highest BCUT2D eigenvalue weighted by Gasteiger charge is 2.21. The Morgan fingerprint density at radius 2 is 1.62 bits per heavy atom. The summed E-state index contributed by atoms with van der Waals surface area (Å²) in [5.74, 6) is 2.04. The van der Waals surface area contributed by atoms with Gasteiger partial charge in [0.1, 0.15) is 22.8 Å². The van der Waals surface area contributed by atoms with Gasteiger partial charge in [0, 0.05) is 25.3 Å². The maximum Gasteiger partial charge on any atom is 0.270 e. The highest BCUT2D eigenvalue weighted by molar-refractivity contribution is 5.94.